The number of likely N-dealkylation sites (N-methyl/N-ethyl adjacent to an activating group) is 1. The summed E-state index contributed by atoms with van der Waals surface area (Å²) in [4.78, 5) is 12.2. The van der Waals surface area contributed by atoms with Gasteiger partial charge < -0.3 is 4.48 Å². The normalized spacial score (nSPS) is 10.8. The summed E-state index contributed by atoms with van der Waals surface area (Å²) in [5.74, 6) is 6.36. The van der Waals surface area contributed by atoms with E-state index in [2.05, 4.69) is 16.9 Å². The fourth-order valence-corrected chi connectivity index (χ4v) is 1.96. The van der Waals surface area contributed by atoms with Crippen LogP contribution in [0.25, 0.3) is 0 Å². The van der Waals surface area contributed by atoms with Crippen LogP contribution in [0.5, 0.6) is 0 Å². The van der Waals surface area contributed by atoms with Gasteiger partial charge in [-0.15, -0.1) is 0 Å². The number of carbonyl (C=O) groups excluding carboxylic acids is 1. The lowest BCUT2D eigenvalue weighted by Gasteiger charge is -2.26. The monoisotopic (exact) mass is 282 g/mol. The molecular weight excluding hydrogens is 262 g/mol. The van der Waals surface area contributed by atoms with Gasteiger partial charge in [-0.25, -0.2) is 0 Å². The minimum absolute atomic E-state index is 0.148. The predicted octanol–water partition coefficient (Wildman–Crippen LogP) is 1.85. The molecule has 0 bridgehead atoms. The fraction of sp³-hybridized carbons (Fsp3) is 0.294. The summed E-state index contributed by atoms with van der Waals surface area (Å²) in [5.41, 5.74) is 0.758. The van der Waals surface area contributed by atoms with E-state index in [1.807, 2.05) is 56.7 Å². The lowest BCUT2D eigenvalue weighted by molar-refractivity contribution is -0.874. The molecule has 0 atom stereocenters. The maximum absolute atomic E-state index is 12.2. The topological polar surface area (TPSA) is 34.9 Å². The van der Waals surface area contributed by atoms with Gasteiger partial charge in [0.1, 0.15) is 19.6 Å². The Bertz CT molecular complexity index is 634. The van der Waals surface area contributed by atoms with Gasteiger partial charge >= 0.3 is 0 Å². The smallest absolute Gasteiger partial charge is 0.216 e. The van der Waals surface area contributed by atoms with Crippen LogP contribution in [0.1, 0.15) is 10.4 Å². The molecule has 0 unspecified atom stereocenters. The van der Waals surface area contributed by atoms with Crippen LogP contribution in [0, 0.1) is 11.8 Å². The van der Waals surface area contributed by atoms with E-state index in [1.54, 1.807) is 10.9 Å². The molecule has 0 aliphatic heterocycles. The van der Waals surface area contributed by atoms with E-state index in [0.717, 1.165) is 5.56 Å². The molecule has 1 aromatic carbocycles. The molecule has 0 aliphatic carbocycles. The standard InChI is InChI=1S/C17H20N3O/c1-20(2,14-7-6-12-19-13-8-11-18-19)15-17(21)16-9-4-3-5-10-16/h3-5,8-11,13H,12,14-15H2,1-2H3/q+1. The number of hydrogen-bond donors (Lipinski definition) is 0. The van der Waals surface area contributed by atoms with Gasteiger partial charge in [0.25, 0.3) is 0 Å². The SMILES string of the molecule is C[N+](C)(CC#CCn1cccn1)CC(=O)c1ccccc1. The van der Waals surface area contributed by atoms with Crippen LogP contribution in [0.2, 0.25) is 0 Å². The molecule has 1 heterocycles. The third kappa shape index (κ3) is 4.90. The molecule has 2 rings (SSSR count). The first-order chi connectivity index (χ1) is 10.1. The first-order valence-corrected chi connectivity index (χ1v) is 6.90. The molecule has 0 saturated carbocycles. The van der Waals surface area contributed by atoms with Crippen molar-refractivity contribution in [3.05, 3.63) is 54.4 Å². The largest absolute Gasteiger partial charge is 0.312 e. The minimum atomic E-state index is 0.148. The van der Waals surface area contributed by atoms with Gasteiger partial charge in [0, 0.05) is 18.0 Å². The van der Waals surface area contributed by atoms with Crippen molar-refractivity contribution in [3.8, 4) is 11.8 Å². The highest BCUT2D eigenvalue weighted by atomic mass is 16.1. The maximum atomic E-state index is 12.2. The average molecular weight is 282 g/mol. The number of carbonyl (C=O) groups is 1. The molecule has 0 saturated heterocycles. The third-order valence-corrected chi connectivity index (χ3v) is 3.10. The Hall–Kier alpha value is -2.38. The second kappa shape index (κ2) is 6.87. The van der Waals surface area contributed by atoms with Gasteiger partial charge in [0.15, 0.2) is 0 Å². The summed E-state index contributed by atoms with van der Waals surface area (Å²) in [7, 11) is 4.03. The zero-order valence-electron chi connectivity index (χ0n) is 12.5. The predicted molar refractivity (Wildman–Crippen MR) is 82.6 cm³/mol. The zero-order valence-corrected chi connectivity index (χ0v) is 12.5. The summed E-state index contributed by atoms with van der Waals surface area (Å²) < 4.78 is 2.34. The number of nitrogens with zero attached hydrogens (tertiary/aromatic N) is 3. The fourth-order valence-electron chi connectivity index (χ4n) is 1.96. The number of hydrogen-bond acceptors (Lipinski definition) is 2. The third-order valence-electron chi connectivity index (χ3n) is 3.10. The van der Waals surface area contributed by atoms with E-state index in [1.165, 1.54) is 0 Å². The quantitative estimate of drug-likeness (QED) is 0.476. The highest BCUT2D eigenvalue weighted by molar-refractivity contribution is 5.96. The van der Waals surface area contributed by atoms with E-state index in [0.29, 0.717) is 24.1 Å². The Morgan fingerprint density at radius 3 is 2.62 bits per heavy atom. The van der Waals surface area contributed by atoms with Gasteiger partial charge in [-0.2, -0.15) is 5.10 Å². The summed E-state index contributed by atoms with van der Waals surface area (Å²) in [6.07, 6.45) is 3.62. The van der Waals surface area contributed by atoms with Gasteiger partial charge in [-0.1, -0.05) is 36.3 Å². The molecule has 1 aromatic heterocycles. The molecule has 0 aliphatic rings. The maximum Gasteiger partial charge on any atom is 0.216 e. The van der Waals surface area contributed by atoms with Crippen molar-refractivity contribution in [1.82, 2.24) is 9.78 Å². The van der Waals surface area contributed by atoms with Crippen molar-refractivity contribution in [2.75, 3.05) is 27.2 Å². The molecule has 0 amide bonds. The van der Waals surface area contributed by atoms with Crippen LogP contribution in [0.3, 0.4) is 0 Å². The van der Waals surface area contributed by atoms with E-state index < -0.39 is 0 Å². The van der Waals surface area contributed by atoms with Gasteiger partial charge in [0.05, 0.1) is 14.1 Å². The Kier molecular flexibility index (Phi) is 4.91. The Balaban J connectivity index is 1.87. The lowest BCUT2D eigenvalue weighted by atomic mass is 10.1. The Morgan fingerprint density at radius 2 is 1.95 bits per heavy atom. The molecule has 0 fully saturated rings. The summed E-state index contributed by atoms with van der Waals surface area (Å²) >= 11 is 0. The number of aromatic nitrogens is 2. The molecule has 0 N–H and O–H groups in total. The highest BCUT2D eigenvalue weighted by Crippen LogP contribution is 2.04. The summed E-state index contributed by atoms with van der Waals surface area (Å²) in [6.45, 7) is 1.67. The molecule has 2 aromatic rings. The van der Waals surface area contributed by atoms with E-state index in [-0.39, 0.29) is 5.78 Å². The van der Waals surface area contributed by atoms with Crippen LogP contribution < -0.4 is 0 Å². The second-order valence-electron chi connectivity index (χ2n) is 5.60. The molecule has 21 heavy (non-hydrogen) atoms. The Morgan fingerprint density at radius 1 is 1.19 bits per heavy atom. The molecule has 0 spiro atoms. The minimum Gasteiger partial charge on any atom is -0.312 e. The average Bonchev–Trinajstić information content (AvgIpc) is 2.97. The molecular formula is C17H20N3O+. The van der Waals surface area contributed by atoms with Crippen LogP contribution in [-0.4, -0.2) is 47.2 Å². The molecule has 0 radical (unpaired) electrons. The molecule has 108 valence electrons. The first kappa shape index (κ1) is 15.0. The van der Waals surface area contributed by atoms with E-state index in [9.17, 15) is 4.79 Å². The number of quaternary nitrogens is 1. The van der Waals surface area contributed by atoms with Crippen molar-refractivity contribution in [2.45, 2.75) is 6.54 Å². The van der Waals surface area contributed by atoms with Gasteiger partial charge in [0.2, 0.25) is 5.78 Å². The van der Waals surface area contributed by atoms with Crippen molar-refractivity contribution in [1.29, 1.82) is 0 Å². The Labute approximate surface area is 125 Å². The van der Waals surface area contributed by atoms with Crippen LogP contribution in [0.15, 0.2) is 48.8 Å². The van der Waals surface area contributed by atoms with E-state index in [4.69, 9.17) is 0 Å². The number of Topliss-reactive ketones (excluding diaryl/α,β-unsaturated/α-hetero) is 1. The highest BCUT2D eigenvalue weighted by Gasteiger charge is 2.19. The van der Waals surface area contributed by atoms with Crippen LogP contribution >= 0.6 is 0 Å². The van der Waals surface area contributed by atoms with Crippen molar-refractivity contribution < 1.29 is 9.28 Å². The number of ketones is 1. The lowest BCUT2D eigenvalue weighted by Crippen LogP contribution is -2.44. The van der Waals surface area contributed by atoms with Crippen molar-refractivity contribution >= 4 is 5.78 Å². The molecule has 4 nitrogen and oxygen atoms in total. The first-order valence-electron chi connectivity index (χ1n) is 6.90. The summed E-state index contributed by atoms with van der Waals surface area (Å²) in [5, 5.41) is 4.09. The van der Waals surface area contributed by atoms with Crippen molar-refractivity contribution in [3.63, 3.8) is 0 Å². The summed E-state index contributed by atoms with van der Waals surface area (Å²) in [6, 6.07) is 11.3. The number of benzene rings is 1. The van der Waals surface area contributed by atoms with E-state index >= 15 is 0 Å². The molecule has 4 heteroatoms. The number of rotatable bonds is 5. The van der Waals surface area contributed by atoms with Crippen LogP contribution in [0.4, 0.5) is 0 Å². The van der Waals surface area contributed by atoms with Crippen LogP contribution in [-0.2, 0) is 6.54 Å². The van der Waals surface area contributed by atoms with Gasteiger partial charge in [-0.05, 0) is 12.0 Å². The second-order valence-corrected chi connectivity index (χ2v) is 5.60. The van der Waals surface area contributed by atoms with Gasteiger partial charge in [-0.3, -0.25) is 9.48 Å². The van der Waals surface area contributed by atoms with Crippen molar-refractivity contribution in [2.24, 2.45) is 0 Å². The zero-order chi connectivity index (χ0) is 15.1.